The van der Waals surface area contributed by atoms with Gasteiger partial charge in [-0.1, -0.05) is 12.1 Å². The molecule has 0 radical (unpaired) electrons. The van der Waals surface area contributed by atoms with Crippen molar-refractivity contribution in [1.82, 2.24) is 29.5 Å². The average molecular weight is 474 g/mol. The fourth-order valence-electron chi connectivity index (χ4n) is 4.16. The van der Waals surface area contributed by atoms with Gasteiger partial charge in [-0.05, 0) is 45.2 Å². The first kappa shape index (κ1) is 22.7. The maximum atomic E-state index is 13.1. The van der Waals surface area contributed by atoms with Crippen molar-refractivity contribution in [2.75, 3.05) is 38.5 Å². The molecule has 180 valence electrons. The Morgan fingerprint density at radius 3 is 2.63 bits per heavy atom. The van der Waals surface area contributed by atoms with E-state index >= 15 is 0 Å². The summed E-state index contributed by atoms with van der Waals surface area (Å²) in [5, 5.41) is 11.8. The van der Waals surface area contributed by atoms with Crippen LogP contribution in [0.5, 0.6) is 0 Å². The van der Waals surface area contributed by atoms with Gasteiger partial charge < -0.3 is 24.1 Å². The van der Waals surface area contributed by atoms with E-state index in [-0.39, 0.29) is 23.1 Å². The zero-order chi connectivity index (χ0) is 24.5. The van der Waals surface area contributed by atoms with Gasteiger partial charge in [0.05, 0.1) is 11.1 Å². The van der Waals surface area contributed by atoms with Crippen molar-refractivity contribution in [3.8, 4) is 11.5 Å². The summed E-state index contributed by atoms with van der Waals surface area (Å²) in [4.78, 5) is 34.6. The van der Waals surface area contributed by atoms with Crippen molar-refractivity contribution >= 4 is 28.4 Å². The zero-order valence-corrected chi connectivity index (χ0v) is 19.9. The Bertz CT molecular complexity index is 1430. The van der Waals surface area contributed by atoms with Crippen LogP contribution in [-0.4, -0.2) is 68.7 Å². The molecule has 3 aromatic heterocycles. The van der Waals surface area contributed by atoms with Crippen molar-refractivity contribution in [3.05, 3.63) is 64.8 Å². The molecule has 1 amide bonds. The quantitative estimate of drug-likeness (QED) is 0.471. The molecule has 1 aromatic carbocycles. The predicted molar refractivity (Wildman–Crippen MR) is 133 cm³/mol. The number of nitrogens with one attached hydrogen (secondary N) is 1. The molecule has 0 saturated carbocycles. The van der Waals surface area contributed by atoms with Crippen molar-refractivity contribution in [3.63, 3.8) is 0 Å². The summed E-state index contributed by atoms with van der Waals surface area (Å²) in [6.07, 6.45) is 1.68. The van der Waals surface area contributed by atoms with Crippen LogP contribution in [0.4, 0.5) is 11.5 Å². The molecule has 0 atom stereocenters. The molecule has 1 fully saturated rings. The van der Waals surface area contributed by atoms with Crippen LogP contribution in [0.1, 0.15) is 30.4 Å². The molecule has 0 spiro atoms. The number of fused-ring (bicyclic) bond motifs is 1. The van der Waals surface area contributed by atoms with Crippen LogP contribution in [0.3, 0.4) is 0 Å². The third kappa shape index (κ3) is 4.52. The summed E-state index contributed by atoms with van der Waals surface area (Å²) in [7, 11) is 2.02. The van der Waals surface area contributed by atoms with E-state index in [4.69, 9.17) is 4.42 Å². The Balaban J connectivity index is 1.46. The molecule has 4 aromatic rings. The molecule has 0 bridgehead atoms. The Labute approximate surface area is 202 Å². The minimum Gasteiger partial charge on any atom is -0.451 e. The van der Waals surface area contributed by atoms with Crippen LogP contribution in [0, 0.1) is 0 Å². The second-order valence-electron chi connectivity index (χ2n) is 8.94. The number of amides is 1. The highest BCUT2D eigenvalue weighted by Crippen LogP contribution is 2.26. The number of carbonyl (C=O) groups is 1. The molecule has 10 nitrogen and oxygen atoms in total. The molecule has 10 heteroatoms. The Kier molecular flexibility index (Phi) is 6.04. The van der Waals surface area contributed by atoms with Crippen LogP contribution in [0.2, 0.25) is 0 Å². The third-order valence-electron chi connectivity index (χ3n) is 6.13. The molecule has 1 saturated heterocycles. The normalized spacial score (nSPS) is 14.6. The minimum atomic E-state index is -0.289. The second-order valence-corrected chi connectivity index (χ2v) is 8.94. The second kappa shape index (κ2) is 9.30. The van der Waals surface area contributed by atoms with Crippen molar-refractivity contribution in [2.24, 2.45) is 0 Å². The number of benzene rings is 1. The van der Waals surface area contributed by atoms with Gasteiger partial charge in [0.1, 0.15) is 23.4 Å². The SMILES string of the molecule is CC(C)n1cnnc1-c1cccc(Nc2cccc3oc(C(=O)N4CCN(C)CC4)cc(=O)c23)n1. The predicted octanol–water partition coefficient (Wildman–Crippen LogP) is 3.16. The highest BCUT2D eigenvalue weighted by atomic mass is 16.3. The van der Waals surface area contributed by atoms with Crippen LogP contribution in [-0.2, 0) is 0 Å². The summed E-state index contributed by atoms with van der Waals surface area (Å²) in [5.41, 5.74) is 1.26. The number of piperazine rings is 1. The number of hydrogen-bond acceptors (Lipinski definition) is 8. The van der Waals surface area contributed by atoms with E-state index in [1.54, 1.807) is 29.4 Å². The van der Waals surface area contributed by atoms with Gasteiger partial charge in [-0.15, -0.1) is 10.2 Å². The topological polar surface area (TPSA) is 109 Å². The van der Waals surface area contributed by atoms with E-state index in [2.05, 4.69) is 25.4 Å². The van der Waals surface area contributed by atoms with E-state index in [1.165, 1.54) is 6.07 Å². The summed E-state index contributed by atoms with van der Waals surface area (Å²) in [5.74, 6) is 0.995. The van der Waals surface area contributed by atoms with Gasteiger partial charge in [-0.3, -0.25) is 9.59 Å². The fourth-order valence-corrected chi connectivity index (χ4v) is 4.16. The largest absolute Gasteiger partial charge is 0.451 e. The van der Waals surface area contributed by atoms with Crippen LogP contribution < -0.4 is 10.7 Å². The lowest BCUT2D eigenvalue weighted by atomic mass is 10.1. The zero-order valence-electron chi connectivity index (χ0n) is 19.9. The first-order chi connectivity index (χ1) is 16.9. The number of rotatable bonds is 5. The van der Waals surface area contributed by atoms with E-state index in [1.807, 2.05) is 43.7 Å². The molecule has 35 heavy (non-hydrogen) atoms. The molecular weight excluding hydrogens is 446 g/mol. The smallest absolute Gasteiger partial charge is 0.289 e. The molecule has 1 aliphatic rings. The molecule has 0 unspecified atom stereocenters. The lowest BCUT2D eigenvalue weighted by molar-refractivity contribution is 0.0633. The monoisotopic (exact) mass is 473 g/mol. The number of likely N-dealkylation sites (N-methyl/N-ethyl adjacent to an activating group) is 1. The lowest BCUT2D eigenvalue weighted by Gasteiger charge is -2.31. The molecule has 1 aliphatic heterocycles. The van der Waals surface area contributed by atoms with Gasteiger partial charge in [0.15, 0.2) is 17.0 Å². The van der Waals surface area contributed by atoms with Gasteiger partial charge in [0.25, 0.3) is 5.91 Å². The van der Waals surface area contributed by atoms with Gasteiger partial charge in [0.2, 0.25) is 0 Å². The maximum absolute atomic E-state index is 13.1. The first-order valence-electron chi connectivity index (χ1n) is 11.6. The minimum absolute atomic E-state index is 0.0531. The molecule has 1 N–H and O–H groups in total. The number of aromatic nitrogens is 4. The first-order valence-corrected chi connectivity index (χ1v) is 11.6. The average Bonchev–Trinajstić information content (AvgIpc) is 3.35. The number of nitrogens with zero attached hydrogens (tertiary/aromatic N) is 6. The summed E-state index contributed by atoms with van der Waals surface area (Å²) < 4.78 is 7.84. The van der Waals surface area contributed by atoms with Crippen molar-refractivity contribution < 1.29 is 9.21 Å². The third-order valence-corrected chi connectivity index (χ3v) is 6.13. The molecular formula is C25H27N7O3. The Morgan fingerprint density at radius 1 is 1.09 bits per heavy atom. The Morgan fingerprint density at radius 2 is 1.86 bits per heavy atom. The fraction of sp³-hybridized carbons (Fsp3) is 0.320. The highest BCUT2D eigenvalue weighted by molar-refractivity contribution is 5.96. The maximum Gasteiger partial charge on any atom is 0.289 e. The number of carbonyl (C=O) groups excluding carboxylic acids is 1. The van der Waals surface area contributed by atoms with Gasteiger partial charge in [-0.2, -0.15) is 0 Å². The van der Waals surface area contributed by atoms with Crippen molar-refractivity contribution in [1.29, 1.82) is 0 Å². The van der Waals surface area contributed by atoms with Crippen LogP contribution in [0.15, 0.2) is 58.0 Å². The van der Waals surface area contributed by atoms with E-state index in [0.29, 0.717) is 47.1 Å². The van der Waals surface area contributed by atoms with Gasteiger partial charge in [0, 0.05) is 38.3 Å². The molecule has 0 aliphatic carbocycles. The van der Waals surface area contributed by atoms with Crippen molar-refractivity contribution in [2.45, 2.75) is 19.9 Å². The summed E-state index contributed by atoms with van der Waals surface area (Å²) in [6.45, 7) is 6.88. The lowest BCUT2D eigenvalue weighted by Crippen LogP contribution is -2.47. The number of anilines is 2. The summed E-state index contributed by atoms with van der Waals surface area (Å²) in [6, 6.07) is 12.3. The van der Waals surface area contributed by atoms with E-state index < -0.39 is 0 Å². The highest BCUT2D eigenvalue weighted by Gasteiger charge is 2.23. The Hall–Kier alpha value is -4.05. The molecule has 5 rings (SSSR count). The van der Waals surface area contributed by atoms with Crippen LogP contribution >= 0.6 is 0 Å². The van der Waals surface area contributed by atoms with Crippen LogP contribution in [0.25, 0.3) is 22.5 Å². The number of pyridine rings is 1. The standard InChI is InChI=1S/C25H27N7O3/c1-16(2)32-15-26-29-24(32)18-7-5-9-22(28-18)27-17-6-4-8-20-23(17)19(33)14-21(35-20)25(34)31-12-10-30(3)11-13-31/h4-9,14-16H,10-13H2,1-3H3,(H,27,28). The van der Waals surface area contributed by atoms with E-state index in [0.717, 1.165) is 13.1 Å². The van der Waals surface area contributed by atoms with Gasteiger partial charge >= 0.3 is 0 Å². The van der Waals surface area contributed by atoms with Gasteiger partial charge in [-0.25, -0.2) is 4.98 Å². The molecule has 4 heterocycles. The summed E-state index contributed by atoms with van der Waals surface area (Å²) >= 11 is 0. The van der Waals surface area contributed by atoms with E-state index in [9.17, 15) is 9.59 Å². The number of hydrogen-bond donors (Lipinski definition) is 1.